The van der Waals surface area contributed by atoms with E-state index in [1.54, 1.807) is 10.9 Å². The Morgan fingerprint density at radius 2 is 1.88 bits per heavy atom. The van der Waals surface area contributed by atoms with E-state index in [1.165, 1.54) is 4.57 Å². The van der Waals surface area contributed by atoms with Gasteiger partial charge in [0, 0.05) is 6.54 Å². The van der Waals surface area contributed by atoms with Crippen LogP contribution in [0.25, 0.3) is 11.2 Å². The molecule has 0 saturated carbocycles. The van der Waals surface area contributed by atoms with E-state index in [4.69, 9.17) is 5.73 Å². The van der Waals surface area contributed by atoms with Crippen LogP contribution in [0.4, 0.5) is 0 Å². The number of nitrogens with two attached hydrogens (primary N) is 1. The number of imidazole rings is 1. The molecular formula is C18H21N5O3. The molecule has 0 radical (unpaired) electrons. The van der Waals surface area contributed by atoms with E-state index in [1.807, 2.05) is 30.3 Å². The standard InChI is InChI=1S/C18H21N5O3/c1-2-3-9-21-12-20-16-15(21)17(25)23(11-14(19)24)18(26)22(16)10-13-7-5-4-6-8-13/h4-8,12H,2-3,9-11H2,1H3,(H2,19,24). The van der Waals surface area contributed by atoms with Crippen molar-refractivity contribution in [3.05, 3.63) is 63.1 Å². The smallest absolute Gasteiger partial charge is 0.333 e. The molecule has 8 nitrogen and oxygen atoms in total. The first-order valence-electron chi connectivity index (χ1n) is 8.53. The van der Waals surface area contributed by atoms with E-state index in [-0.39, 0.29) is 6.54 Å². The molecule has 1 aromatic carbocycles. The third-order valence-electron chi connectivity index (χ3n) is 4.23. The summed E-state index contributed by atoms with van der Waals surface area (Å²) < 4.78 is 4.04. The number of aromatic nitrogens is 4. The number of carbonyl (C=O) groups excluding carboxylic acids is 1. The Morgan fingerprint density at radius 3 is 2.54 bits per heavy atom. The first-order valence-corrected chi connectivity index (χ1v) is 8.53. The molecule has 26 heavy (non-hydrogen) atoms. The van der Waals surface area contributed by atoms with E-state index < -0.39 is 23.7 Å². The molecule has 0 bridgehead atoms. The number of nitrogens with zero attached hydrogens (tertiary/aromatic N) is 4. The molecule has 2 N–H and O–H groups in total. The number of primary amides is 1. The molecule has 3 aromatic rings. The average Bonchev–Trinajstić information content (AvgIpc) is 3.05. The van der Waals surface area contributed by atoms with Crippen molar-refractivity contribution >= 4 is 17.1 Å². The number of amides is 1. The maximum absolute atomic E-state index is 12.8. The summed E-state index contributed by atoms with van der Waals surface area (Å²) in [5.41, 5.74) is 5.63. The fourth-order valence-corrected chi connectivity index (χ4v) is 2.94. The molecule has 1 amide bonds. The lowest BCUT2D eigenvalue weighted by Crippen LogP contribution is -2.43. The summed E-state index contributed by atoms with van der Waals surface area (Å²) in [5.74, 6) is -0.741. The number of hydrogen-bond acceptors (Lipinski definition) is 4. The van der Waals surface area contributed by atoms with Crippen molar-refractivity contribution in [3.8, 4) is 0 Å². The molecule has 136 valence electrons. The van der Waals surface area contributed by atoms with Crippen LogP contribution in [0, 0.1) is 0 Å². The van der Waals surface area contributed by atoms with E-state index in [2.05, 4.69) is 11.9 Å². The Bertz CT molecular complexity index is 1050. The van der Waals surface area contributed by atoms with Crippen LogP contribution in [0.15, 0.2) is 46.2 Å². The average molecular weight is 355 g/mol. The topological polar surface area (TPSA) is 105 Å². The highest BCUT2D eigenvalue weighted by Gasteiger charge is 2.19. The number of aryl methyl sites for hydroxylation is 1. The Kier molecular flexibility index (Phi) is 5.01. The minimum Gasteiger partial charge on any atom is -0.368 e. The second kappa shape index (κ2) is 7.38. The van der Waals surface area contributed by atoms with Gasteiger partial charge in [-0.25, -0.2) is 14.3 Å². The van der Waals surface area contributed by atoms with Crippen molar-refractivity contribution in [1.82, 2.24) is 18.7 Å². The predicted octanol–water partition coefficient (Wildman–Crippen LogP) is 0.693. The predicted molar refractivity (Wildman–Crippen MR) is 97.9 cm³/mol. The van der Waals surface area contributed by atoms with Crippen molar-refractivity contribution in [2.75, 3.05) is 0 Å². The number of hydrogen-bond donors (Lipinski definition) is 1. The molecule has 0 aliphatic carbocycles. The number of carbonyl (C=O) groups is 1. The molecule has 0 atom stereocenters. The van der Waals surface area contributed by atoms with E-state index in [0.29, 0.717) is 17.7 Å². The number of unbranched alkanes of at least 4 members (excludes halogenated alkanes) is 1. The molecule has 0 saturated heterocycles. The third-order valence-corrected chi connectivity index (χ3v) is 4.23. The fourth-order valence-electron chi connectivity index (χ4n) is 2.94. The first-order chi connectivity index (χ1) is 12.5. The van der Waals surface area contributed by atoms with Gasteiger partial charge in [-0.3, -0.25) is 14.2 Å². The van der Waals surface area contributed by atoms with E-state index in [9.17, 15) is 14.4 Å². The van der Waals surface area contributed by atoms with Crippen LogP contribution in [-0.4, -0.2) is 24.6 Å². The van der Waals surface area contributed by atoms with Crippen LogP contribution in [0.1, 0.15) is 25.3 Å². The molecule has 0 aliphatic rings. The molecule has 0 unspecified atom stereocenters. The number of fused-ring (bicyclic) bond motifs is 1. The molecule has 0 fully saturated rings. The van der Waals surface area contributed by atoms with E-state index in [0.717, 1.165) is 23.0 Å². The summed E-state index contributed by atoms with van der Waals surface area (Å²) in [6.07, 6.45) is 3.40. The number of benzene rings is 1. The van der Waals surface area contributed by atoms with Gasteiger partial charge in [-0.1, -0.05) is 43.7 Å². The molecule has 0 aliphatic heterocycles. The van der Waals surface area contributed by atoms with Crippen molar-refractivity contribution in [2.24, 2.45) is 5.73 Å². The second-order valence-electron chi connectivity index (χ2n) is 6.18. The molecule has 2 aromatic heterocycles. The molecule has 8 heteroatoms. The van der Waals surface area contributed by atoms with Gasteiger partial charge in [-0.15, -0.1) is 0 Å². The van der Waals surface area contributed by atoms with Crippen molar-refractivity contribution in [3.63, 3.8) is 0 Å². The van der Waals surface area contributed by atoms with Crippen LogP contribution in [-0.2, 0) is 24.4 Å². The summed E-state index contributed by atoms with van der Waals surface area (Å²) in [6.45, 7) is 2.46. The quantitative estimate of drug-likeness (QED) is 0.673. The molecular weight excluding hydrogens is 334 g/mol. The maximum atomic E-state index is 12.8. The first kappa shape index (κ1) is 17.7. The minimum absolute atomic E-state index is 0.250. The zero-order valence-corrected chi connectivity index (χ0v) is 14.6. The maximum Gasteiger partial charge on any atom is 0.333 e. The second-order valence-corrected chi connectivity index (χ2v) is 6.18. The summed E-state index contributed by atoms with van der Waals surface area (Å²) in [4.78, 5) is 41.3. The van der Waals surface area contributed by atoms with Gasteiger partial charge in [0.25, 0.3) is 5.56 Å². The van der Waals surface area contributed by atoms with Gasteiger partial charge in [0.1, 0.15) is 6.54 Å². The van der Waals surface area contributed by atoms with Crippen LogP contribution in [0.2, 0.25) is 0 Å². The summed E-state index contributed by atoms with van der Waals surface area (Å²) in [5, 5.41) is 0. The summed E-state index contributed by atoms with van der Waals surface area (Å²) in [7, 11) is 0. The van der Waals surface area contributed by atoms with Gasteiger partial charge >= 0.3 is 5.69 Å². The largest absolute Gasteiger partial charge is 0.368 e. The fraction of sp³-hybridized carbons (Fsp3) is 0.333. The Balaban J connectivity index is 2.24. The molecule has 3 rings (SSSR count). The Morgan fingerprint density at radius 1 is 1.15 bits per heavy atom. The SMILES string of the molecule is CCCCn1cnc2c1c(=O)n(CC(N)=O)c(=O)n2Cc1ccccc1. The highest BCUT2D eigenvalue weighted by atomic mass is 16.2. The van der Waals surface area contributed by atoms with Crippen molar-refractivity contribution in [1.29, 1.82) is 0 Å². The van der Waals surface area contributed by atoms with Crippen molar-refractivity contribution < 1.29 is 4.79 Å². The van der Waals surface area contributed by atoms with Crippen LogP contribution >= 0.6 is 0 Å². The van der Waals surface area contributed by atoms with Crippen molar-refractivity contribution in [2.45, 2.75) is 39.4 Å². The van der Waals surface area contributed by atoms with Crippen LogP contribution in [0.3, 0.4) is 0 Å². The monoisotopic (exact) mass is 355 g/mol. The molecule has 2 heterocycles. The van der Waals surface area contributed by atoms with Gasteiger partial charge in [0.15, 0.2) is 11.2 Å². The summed E-state index contributed by atoms with van der Waals surface area (Å²) in [6, 6.07) is 9.40. The zero-order valence-electron chi connectivity index (χ0n) is 14.6. The highest BCUT2D eigenvalue weighted by Crippen LogP contribution is 2.10. The van der Waals surface area contributed by atoms with Gasteiger partial charge in [-0.05, 0) is 12.0 Å². The van der Waals surface area contributed by atoms with Gasteiger partial charge in [-0.2, -0.15) is 0 Å². The zero-order chi connectivity index (χ0) is 18.7. The van der Waals surface area contributed by atoms with Crippen LogP contribution in [0.5, 0.6) is 0 Å². The molecule has 0 spiro atoms. The number of rotatable bonds is 7. The van der Waals surface area contributed by atoms with Crippen LogP contribution < -0.4 is 17.0 Å². The van der Waals surface area contributed by atoms with Gasteiger partial charge in [0.05, 0.1) is 12.9 Å². The Hall–Kier alpha value is -3.16. The lowest BCUT2D eigenvalue weighted by Gasteiger charge is -2.12. The lowest BCUT2D eigenvalue weighted by molar-refractivity contribution is -0.118. The summed E-state index contributed by atoms with van der Waals surface area (Å²) >= 11 is 0. The highest BCUT2D eigenvalue weighted by molar-refractivity contribution is 5.75. The van der Waals surface area contributed by atoms with Gasteiger partial charge in [0.2, 0.25) is 5.91 Å². The van der Waals surface area contributed by atoms with E-state index >= 15 is 0 Å². The third kappa shape index (κ3) is 3.30. The lowest BCUT2D eigenvalue weighted by atomic mass is 10.2. The Labute approximate surface area is 149 Å². The van der Waals surface area contributed by atoms with Gasteiger partial charge < -0.3 is 10.3 Å². The minimum atomic E-state index is -0.741. The normalized spacial score (nSPS) is 11.1.